The third-order valence-corrected chi connectivity index (χ3v) is 2.20. The van der Waals surface area contributed by atoms with Gasteiger partial charge in [-0.15, -0.1) is 0 Å². The first-order chi connectivity index (χ1) is 8.31. The zero-order valence-corrected chi connectivity index (χ0v) is 10.1. The fourth-order valence-electron chi connectivity index (χ4n) is 1.40. The summed E-state index contributed by atoms with van der Waals surface area (Å²) in [5.41, 5.74) is 1.08. The highest BCUT2D eigenvalue weighted by Crippen LogP contribution is 2.27. The Labute approximate surface area is 102 Å². The Balaban J connectivity index is 2.66. The van der Waals surface area contributed by atoms with E-state index in [1.165, 1.54) is 0 Å². The normalized spacial score (nSPS) is 10.0. The van der Waals surface area contributed by atoms with Crippen LogP contribution in [-0.4, -0.2) is 32.0 Å². The van der Waals surface area contributed by atoms with Crippen molar-refractivity contribution in [1.82, 2.24) is 5.32 Å². The largest absolute Gasteiger partial charge is 0.493 e. The molecular formula is C13H19NO3. The molecule has 0 saturated carbocycles. The number of aliphatic hydroxyl groups is 1. The van der Waals surface area contributed by atoms with Gasteiger partial charge in [0.15, 0.2) is 11.5 Å². The minimum Gasteiger partial charge on any atom is -0.493 e. The topological polar surface area (TPSA) is 50.7 Å². The average Bonchev–Trinajstić information content (AvgIpc) is 2.37. The monoisotopic (exact) mass is 237 g/mol. The number of benzene rings is 1. The predicted octanol–water partition coefficient (Wildman–Crippen LogP) is 1.34. The molecule has 0 amide bonds. The highest BCUT2D eigenvalue weighted by molar-refractivity contribution is 5.43. The van der Waals surface area contributed by atoms with Gasteiger partial charge in [0.25, 0.3) is 0 Å². The Kier molecular flexibility index (Phi) is 6.14. The summed E-state index contributed by atoms with van der Waals surface area (Å²) in [4.78, 5) is 0. The second-order valence-corrected chi connectivity index (χ2v) is 3.49. The van der Waals surface area contributed by atoms with Crippen LogP contribution in [0.4, 0.5) is 0 Å². The van der Waals surface area contributed by atoms with E-state index in [2.05, 4.69) is 11.9 Å². The lowest BCUT2D eigenvalue weighted by Crippen LogP contribution is -2.17. The van der Waals surface area contributed by atoms with Crippen LogP contribution in [-0.2, 0) is 6.54 Å². The van der Waals surface area contributed by atoms with E-state index in [1.807, 2.05) is 18.2 Å². The van der Waals surface area contributed by atoms with E-state index in [4.69, 9.17) is 14.6 Å². The molecule has 0 aliphatic rings. The van der Waals surface area contributed by atoms with Gasteiger partial charge in [0.1, 0.15) is 6.61 Å². The van der Waals surface area contributed by atoms with Gasteiger partial charge in [-0.2, -0.15) is 0 Å². The Morgan fingerprint density at radius 3 is 2.88 bits per heavy atom. The van der Waals surface area contributed by atoms with Crippen LogP contribution < -0.4 is 14.8 Å². The van der Waals surface area contributed by atoms with Crippen molar-refractivity contribution in [2.75, 3.05) is 26.9 Å². The van der Waals surface area contributed by atoms with Crippen molar-refractivity contribution in [3.05, 3.63) is 36.4 Å². The van der Waals surface area contributed by atoms with E-state index in [0.29, 0.717) is 31.2 Å². The maximum Gasteiger partial charge on any atom is 0.161 e. The van der Waals surface area contributed by atoms with E-state index < -0.39 is 0 Å². The van der Waals surface area contributed by atoms with Gasteiger partial charge in [-0.3, -0.25) is 0 Å². The number of aliphatic hydroxyl groups excluding tert-OH is 1. The van der Waals surface area contributed by atoms with Gasteiger partial charge in [0.05, 0.1) is 13.7 Å². The Bertz CT molecular complexity index is 353. The van der Waals surface area contributed by atoms with Gasteiger partial charge in [-0.25, -0.2) is 0 Å². The number of hydrogen-bond donors (Lipinski definition) is 2. The summed E-state index contributed by atoms with van der Waals surface area (Å²) in [6.45, 7) is 5.47. The van der Waals surface area contributed by atoms with Crippen molar-refractivity contribution in [2.45, 2.75) is 6.54 Å². The first-order valence-electron chi connectivity index (χ1n) is 5.54. The van der Waals surface area contributed by atoms with Crippen molar-refractivity contribution < 1.29 is 14.6 Å². The average molecular weight is 237 g/mol. The zero-order valence-electron chi connectivity index (χ0n) is 10.1. The molecule has 0 aromatic heterocycles. The van der Waals surface area contributed by atoms with Crippen molar-refractivity contribution >= 4 is 0 Å². The van der Waals surface area contributed by atoms with Gasteiger partial charge < -0.3 is 19.9 Å². The quantitative estimate of drug-likeness (QED) is 0.529. The molecule has 0 saturated heterocycles. The Morgan fingerprint density at radius 2 is 2.24 bits per heavy atom. The van der Waals surface area contributed by atoms with Gasteiger partial charge >= 0.3 is 0 Å². The third kappa shape index (κ3) is 4.46. The highest BCUT2D eigenvalue weighted by Gasteiger charge is 2.04. The molecule has 0 heterocycles. The van der Waals surface area contributed by atoms with Crippen LogP contribution >= 0.6 is 0 Å². The summed E-state index contributed by atoms with van der Waals surface area (Å²) in [7, 11) is 1.61. The van der Waals surface area contributed by atoms with Gasteiger partial charge in [0.2, 0.25) is 0 Å². The van der Waals surface area contributed by atoms with E-state index in [9.17, 15) is 0 Å². The first kappa shape index (κ1) is 13.5. The van der Waals surface area contributed by atoms with Crippen LogP contribution in [0, 0.1) is 0 Å². The summed E-state index contributed by atoms with van der Waals surface area (Å²) in [5, 5.41) is 11.8. The maximum absolute atomic E-state index is 8.67. The highest BCUT2D eigenvalue weighted by atomic mass is 16.5. The fraction of sp³-hybridized carbons (Fsp3) is 0.385. The maximum atomic E-state index is 8.67. The van der Waals surface area contributed by atoms with Gasteiger partial charge in [-0.05, 0) is 17.7 Å². The number of ether oxygens (including phenoxy) is 2. The summed E-state index contributed by atoms with van der Waals surface area (Å²) < 4.78 is 10.7. The molecule has 0 atom stereocenters. The van der Waals surface area contributed by atoms with Crippen molar-refractivity contribution in [2.24, 2.45) is 0 Å². The van der Waals surface area contributed by atoms with Gasteiger partial charge in [-0.1, -0.05) is 18.7 Å². The van der Waals surface area contributed by atoms with E-state index in [1.54, 1.807) is 13.2 Å². The fourth-order valence-corrected chi connectivity index (χ4v) is 1.40. The number of hydrogen-bond acceptors (Lipinski definition) is 4. The van der Waals surface area contributed by atoms with E-state index >= 15 is 0 Å². The molecule has 0 bridgehead atoms. The Hall–Kier alpha value is -1.52. The van der Waals surface area contributed by atoms with Crippen LogP contribution in [0.2, 0.25) is 0 Å². The summed E-state index contributed by atoms with van der Waals surface area (Å²) in [5.74, 6) is 1.41. The van der Waals surface area contributed by atoms with Crippen LogP contribution in [0.25, 0.3) is 0 Å². The second kappa shape index (κ2) is 7.70. The minimum atomic E-state index is 0.137. The molecule has 0 aliphatic carbocycles. The van der Waals surface area contributed by atoms with Crippen molar-refractivity contribution in [3.63, 3.8) is 0 Å². The minimum absolute atomic E-state index is 0.137. The van der Waals surface area contributed by atoms with Crippen LogP contribution in [0.3, 0.4) is 0 Å². The molecule has 0 spiro atoms. The molecule has 2 N–H and O–H groups in total. The standard InChI is InChI=1S/C13H19NO3/c1-3-8-17-12-5-4-11(9-13(12)16-2)10-14-6-7-15/h3-5,9,14-15H,1,6-8,10H2,2H3. The molecular weight excluding hydrogens is 218 g/mol. The molecule has 1 rings (SSSR count). The smallest absolute Gasteiger partial charge is 0.161 e. The predicted molar refractivity (Wildman–Crippen MR) is 67.5 cm³/mol. The molecule has 17 heavy (non-hydrogen) atoms. The van der Waals surface area contributed by atoms with Crippen LogP contribution in [0.1, 0.15) is 5.56 Å². The number of rotatable bonds is 8. The van der Waals surface area contributed by atoms with Crippen LogP contribution in [0.5, 0.6) is 11.5 Å². The van der Waals surface area contributed by atoms with Gasteiger partial charge in [0, 0.05) is 13.1 Å². The molecule has 1 aromatic carbocycles. The molecule has 0 unspecified atom stereocenters. The van der Waals surface area contributed by atoms with E-state index in [-0.39, 0.29) is 6.61 Å². The summed E-state index contributed by atoms with van der Waals surface area (Å²) in [6, 6.07) is 5.76. The lowest BCUT2D eigenvalue weighted by molar-refractivity contribution is 0.292. The molecule has 4 nitrogen and oxygen atoms in total. The molecule has 0 fully saturated rings. The summed E-state index contributed by atoms with van der Waals surface area (Å²) >= 11 is 0. The second-order valence-electron chi connectivity index (χ2n) is 3.49. The number of nitrogens with one attached hydrogen (secondary N) is 1. The first-order valence-corrected chi connectivity index (χ1v) is 5.54. The molecule has 4 heteroatoms. The molecule has 0 aliphatic heterocycles. The van der Waals surface area contributed by atoms with Crippen molar-refractivity contribution in [3.8, 4) is 11.5 Å². The molecule has 0 radical (unpaired) electrons. The van der Waals surface area contributed by atoms with Crippen molar-refractivity contribution in [1.29, 1.82) is 0 Å². The number of methoxy groups -OCH3 is 1. The van der Waals surface area contributed by atoms with E-state index in [0.717, 1.165) is 5.56 Å². The lowest BCUT2D eigenvalue weighted by Gasteiger charge is -2.11. The lowest BCUT2D eigenvalue weighted by atomic mass is 10.2. The zero-order chi connectivity index (χ0) is 12.5. The SMILES string of the molecule is C=CCOc1ccc(CNCCO)cc1OC. The Morgan fingerprint density at radius 1 is 1.41 bits per heavy atom. The van der Waals surface area contributed by atoms with Crippen LogP contribution in [0.15, 0.2) is 30.9 Å². The summed E-state index contributed by atoms with van der Waals surface area (Å²) in [6.07, 6.45) is 1.69. The third-order valence-electron chi connectivity index (χ3n) is 2.20. The molecule has 1 aromatic rings. The molecule has 94 valence electrons.